The Labute approximate surface area is 136 Å². The van der Waals surface area contributed by atoms with Gasteiger partial charge >= 0.3 is 5.69 Å². The summed E-state index contributed by atoms with van der Waals surface area (Å²) in [5.74, 6) is 0. The third kappa shape index (κ3) is 2.93. The zero-order valence-electron chi connectivity index (χ0n) is 11.2. The topological polar surface area (TPSA) is 103 Å². The van der Waals surface area contributed by atoms with E-state index in [1.165, 1.54) is 24.3 Å². The minimum Gasteiger partial charge on any atom is -0.258 e. The van der Waals surface area contributed by atoms with Crippen molar-refractivity contribution in [2.24, 2.45) is 5.14 Å². The van der Waals surface area contributed by atoms with Gasteiger partial charge in [-0.05, 0) is 30.2 Å². The molecule has 0 fully saturated rings. The van der Waals surface area contributed by atoms with Crippen molar-refractivity contribution in [2.45, 2.75) is 11.8 Å². The minimum absolute atomic E-state index is 0.112. The number of rotatable bonds is 3. The molecule has 116 valence electrons. The predicted molar refractivity (Wildman–Crippen MR) is 84.7 cm³/mol. The highest BCUT2D eigenvalue weighted by molar-refractivity contribution is 7.89. The molecule has 0 aliphatic carbocycles. The van der Waals surface area contributed by atoms with Crippen LogP contribution in [0.2, 0.25) is 10.0 Å². The first-order valence-corrected chi connectivity index (χ1v) is 8.20. The Bertz CT molecular complexity index is 882. The molecule has 0 bridgehead atoms. The summed E-state index contributed by atoms with van der Waals surface area (Å²) >= 11 is 11.9. The summed E-state index contributed by atoms with van der Waals surface area (Å²) in [5.41, 5.74) is 0.568. The van der Waals surface area contributed by atoms with Crippen molar-refractivity contribution in [3.8, 4) is 11.1 Å². The second-order valence-electron chi connectivity index (χ2n) is 4.49. The van der Waals surface area contributed by atoms with Crippen LogP contribution in [-0.2, 0) is 10.0 Å². The Morgan fingerprint density at radius 3 is 2.32 bits per heavy atom. The number of nitrogens with zero attached hydrogens (tertiary/aromatic N) is 1. The highest BCUT2D eigenvalue weighted by atomic mass is 35.5. The molecule has 22 heavy (non-hydrogen) atoms. The molecule has 0 saturated heterocycles. The molecule has 0 aromatic heterocycles. The molecule has 9 heteroatoms. The third-order valence-corrected chi connectivity index (χ3v) is 4.82. The number of benzene rings is 2. The first kappa shape index (κ1) is 16.7. The lowest BCUT2D eigenvalue weighted by atomic mass is 10.00. The number of hydrogen-bond donors (Lipinski definition) is 1. The Hall–Kier alpha value is -1.67. The van der Waals surface area contributed by atoms with Gasteiger partial charge in [-0.25, -0.2) is 13.6 Å². The Morgan fingerprint density at radius 1 is 1.18 bits per heavy atom. The fraction of sp³-hybridized carbons (Fsp3) is 0.0769. The van der Waals surface area contributed by atoms with Gasteiger partial charge in [0.1, 0.15) is 10.0 Å². The summed E-state index contributed by atoms with van der Waals surface area (Å²) in [6.07, 6.45) is 0. The van der Waals surface area contributed by atoms with Crippen LogP contribution in [0.1, 0.15) is 5.56 Å². The average Bonchev–Trinajstić information content (AvgIpc) is 2.41. The maximum atomic E-state index is 11.7. The lowest BCUT2D eigenvalue weighted by molar-refractivity contribution is -0.384. The van der Waals surface area contributed by atoms with Crippen molar-refractivity contribution in [3.05, 3.63) is 56.1 Å². The van der Waals surface area contributed by atoms with Crippen molar-refractivity contribution in [1.29, 1.82) is 0 Å². The van der Waals surface area contributed by atoms with Crippen molar-refractivity contribution in [1.82, 2.24) is 0 Å². The van der Waals surface area contributed by atoms with Crippen LogP contribution in [0, 0.1) is 17.0 Å². The molecular weight excluding hydrogens is 351 g/mol. The smallest absolute Gasteiger partial charge is 0.258 e. The molecule has 0 atom stereocenters. The molecule has 0 spiro atoms. The van der Waals surface area contributed by atoms with Crippen molar-refractivity contribution >= 4 is 38.9 Å². The fourth-order valence-electron chi connectivity index (χ4n) is 2.09. The molecule has 0 unspecified atom stereocenters. The van der Waals surface area contributed by atoms with Crippen LogP contribution >= 0.6 is 23.2 Å². The van der Waals surface area contributed by atoms with E-state index >= 15 is 0 Å². The maximum Gasteiger partial charge on any atom is 0.306 e. The summed E-state index contributed by atoms with van der Waals surface area (Å²) in [7, 11) is -3.97. The van der Waals surface area contributed by atoms with Gasteiger partial charge in [-0.1, -0.05) is 41.4 Å². The summed E-state index contributed by atoms with van der Waals surface area (Å²) in [5, 5.41) is 15.9. The third-order valence-electron chi connectivity index (χ3n) is 3.10. The molecular formula is C13H10Cl2N2O4S. The summed E-state index contributed by atoms with van der Waals surface area (Å²) < 4.78 is 23.4. The summed E-state index contributed by atoms with van der Waals surface area (Å²) in [6, 6.07) is 7.32. The molecule has 2 aromatic carbocycles. The van der Waals surface area contributed by atoms with E-state index in [9.17, 15) is 18.5 Å². The number of nitro groups is 1. The van der Waals surface area contributed by atoms with Crippen LogP contribution in [0.3, 0.4) is 0 Å². The van der Waals surface area contributed by atoms with E-state index in [0.29, 0.717) is 11.1 Å². The van der Waals surface area contributed by atoms with Crippen LogP contribution in [-0.4, -0.2) is 13.3 Å². The second kappa shape index (κ2) is 5.85. The first-order valence-electron chi connectivity index (χ1n) is 5.89. The molecule has 2 N–H and O–H groups in total. The summed E-state index contributed by atoms with van der Waals surface area (Å²) in [4.78, 5) is 10.2. The van der Waals surface area contributed by atoms with Gasteiger partial charge in [0.15, 0.2) is 0 Å². The number of nitrogens with two attached hydrogens (primary N) is 1. The Balaban J connectivity index is 2.84. The van der Waals surface area contributed by atoms with Crippen LogP contribution in [0.5, 0.6) is 0 Å². The fourth-order valence-corrected chi connectivity index (χ4v) is 3.43. The standard InChI is InChI=1S/C13H10Cl2N2O4S/c1-7-9(6-10(14)13(12(7)15)17(18)19)8-4-2-3-5-11(8)22(16,20)21/h2-6H,1H3,(H2,16,20,21). The number of primary sulfonamides is 1. The van der Waals surface area contributed by atoms with E-state index in [0.717, 1.165) is 0 Å². The number of nitro benzene ring substituents is 1. The maximum absolute atomic E-state index is 11.7. The van der Waals surface area contributed by atoms with E-state index in [2.05, 4.69) is 0 Å². The largest absolute Gasteiger partial charge is 0.306 e. The van der Waals surface area contributed by atoms with Gasteiger partial charge in [0.2, 0.25) is 10.0 Å². The van der Waals surface area contributed by atoms with Gasteiger partial charge in [-0.15, -0.1) is 0 Å². The second-order valence-corrected chi connectivity index (χ2v) is 6.81. The van der Waals surface area contributed by atoms with Gasteiger partial charge in [0.05, 0.1) is 9.82 Å². The summed E-state index contributed by atoms with van der Waals surface area (Å²) in [6.45, 7) is 1.54. The van der Waals surface area contributed by atoms with E-state index in [1.807, 2.05) is 0 Å². The van der Waals surface area contributed by atoms with Crippen LogP contribution < -0.4 is 5.14 Å². The molecule has 2 aromatic rings. The zero-order valence-corrected chi connectivity index (χ0v) is 13.5. The SMILES string of the molecule is Cc1c(-c2ccccc2S(N)(=O)=O)cc(Cl)c([N+](=O)[O-])c1Cl. The molecule has 0 heterocycles. The van der Waals surface area contributed by atoms with Gasteiger partial charge < -0.3 is 0 Å². The lowest BCUT2D eigenvalue weighted by Crippen LogP contribution is -2.13. The monoisotopic (exact) mass is 360 g/mol. The highest BCUT2D eigenvalue weighted by Crippen LogP contribution is 2.41. The highest BCUT2D eigenvalue weighted by Gasteiger charge is 2.25. The molecule has 0 aliphatic heterocycles. The van der Waals surface area contributed by atoms with Gasteiger partial charge in [0.25, 0.3) is 0 Å². The molecule has 0 saturated carbocycles. The number of hydrogen-bond acceptors (Lipinski definition) is 4. The van der Waals surface area contributed by atoms with Crippen molar-refractivity contribution < 1.29 is 13.3 Å². The minimum atomic E-state index is -3.97. The van der Waals surface area contributed by atoms with Crippen molar-refractivity contribution in [2.75, 3.05) is 0 Å². The average molecular weight is 361 g/mol. The van der Waals surface area contributed by atoms with Gasteiger partial charge in [0, 0.05) is 5.56 Å². The van der Waals surface area contributed by atoms with Crippen LogP contribution in [0.4, 0.5) is 5.69 Å². The molecule has 0 aliphatic rings. The molecule has 2 rings (SSSR count). The van der Waals surface area contributed by atoms with E-state index < -0.39 is 20.6 Å². The van der Waals surface area contributed by atoms with E-state index in [-0.39, 0.29) is 20.5 Å². The zero-order chi connectivity index (χ0) is 16.7. The number of halogens is 2. The van der Waals surface area contributed by atoms with Crippen LogP contribution in [0.15, 0.2) is 35.2 Å². The molecule has 0 amide bonds. The van der Waals surface area contributed by atoms with Gasteiger partial charge in [-0.2, -0.15) is 0 Å². The van der Waals surface area contributed by atoms with Crippen LogP contribution in [0.25, 0.3) is 11.1 Å². The predicted octanol–water partition coefficient (Wildman–Crippen LogP) is 3.52. The molecule has 6 nitrogen and oxygen atoms in total. The Kier molecular flexibility index (Phi) is 4.44. The first-order chi connectivity index (χ1) is 10.1. The molecule has 0 radical (unpaired) electrons. The lowest BCUT2D eigenvalue weighted by Gasteiger charge is -2.12. The Morgan fingerprint density at radius 2 is 1.77 bits per heavy atom. The van der Waals surface area contributed by atoms with Crippen molar-refractivity contribution in [3.63, 3.8) is 0 Å². The van der Waals surface area contributed by atoms with Gasteiger partial charge in [-0.3, -0.25) is 10.1 Å². The van der Waals surface area contributed by atoms with E-state index in [4.69, 9.17) is 28.3 Å². The normalized spacial score (nSPS) is 11.5. The quantitative estimate of drug-likeness (QED) is 0.667. The number of sulfonamides is 1. The van der Waals surface area contributed by atoms with E-state index in [1.54, 1.807) is 13.0 Å².